The molecule has 0 aliphatic rings. The van der Waals surface area contributed by atoms with Gasteiger partial charge in [-0.25, -0.2) is 0 Å². The van der Waals surface area contributed by atoms with Gasteiger partial charge in [-0.3, -0.25) is 0 Å². The van der Waals surface area contributed by atoms with Crippen molar-refractivity contribution in [2.24, 2.45) is 5.73 Å². The maximum atomic E-state index is 13.0. The topological polar surface area (TPSA) is 35.2 Å². The van der Waals surface area contributed by atoms with Gasteiger partial charge in [0.1, 0.15) is 11.5 Å². The predicted octanol–water partition coefficient (Wildman–Crippen LogP) is 4.61. The molecule has 0 saturated heterocycles. The van der Waals surface area contributed by atoms with Crippen molar-refractivity contribution in [3.8, 4) is 11.5 Å². The van der Waals surface area contributed by atoms with Crippen molar-refractivity contribution in [1.29, 1.82) is 0 Å². The van der Waals surface area contributed by atoms with Crippen LogP contribution in [0.25, 0.3) is 0 Å². The maximum Gasteiger partial charge on any atom is 0.419 e. The molecule has 2 nitrogen and oxygen atoms in total. The molecule has 0 heterocycles. The number of hydrogen-bond donors (Lipinski definition) is 1. The fourth-order valence-corrected chi connectivity index (χ4v) is 1.83. The van der Waals surface area contributed by atoms with E-state index in [0.29, 0.717) is 5.56 Å². The van der Waals surface area contributed by atoms with Crippen LogP contribution in [0.1, 0.15) is 11.1 Å². The highest BCUT2D eigenvalue weighted by Crippen LogP contribution is 2.39. The van der Waals surface area contributed by atoms with E-state index in [0.717, 1.165) is 6.07 Å². The summed E-state index contributed by atoms with van der Waals surface area (Å²) in [6.07, 6.45) is -4.53. The van der Waals surface area contributed by atoms with Gasteiger partial charge in [-0.15, -0.1) is 0 Å². The molecule has 0 aliphatic heterocycles. The first-order valence-corrected chi connectivity index (χ1v) is 6.12. The van der Waals surface area contributed by atoms with Gasteiger partial charge < -0.3 is 10.5 Å². The number of benzene rings is 2. The molecule has 0 amide bonds. The number of para-hydroxylation sites is 1. The SMILES string of the molecule is NCc1ccc(Oc2ccccc2Cl)c(C(F)(F)F)c1. The zero-order valence-corrected chi connectivity index (χ0v) is 11.0. The summed E-state index contributed by atoms with van der Waals surface area (Å²) >= 11 is 5.87. The molecular weight excluding hydrogens is 291 g/mol. The Labute approximate surface area is 118 Å². The van der Waals surface area contributed by atoms with Crippen LogP contribution in [0.4, 0.5) is 13.2 Å². The van der Waals surface area contributed by atoms with Crippen LogP contribution >= 0.6 is 11.6 Å². The number of hydrogen-bond acceptors (Lipinski definition) is 2. The third-order valence-electron chi connectivity index (χ3n) is 2.64. The largest absolute Gasteiger partial charge is 0.455 e. The Morgan fingerprint density at radius 2 is 1.75 bits per heavy atom. The van der Waals surface area contributed by atoms with Gasteiger partial charge in [-0.2, -0.15) is 13.2 Å². The van der Waals surface area contributed by atoms with Crippen molar-refractivity contribution < 1.29 is 17.9 Å². The Bertz CT molecular complexity index is 614. The van der Waals surface area contributed by atoms with E-state index in [2.05, 4.69) is 0 Å². The lowest BCUT2D eigenvalue weighted by Gasteiger charge is -2.15. The molecular formula is C14H11ClF3NO. The van der Waals surface area contributed by atoms with Crippen molar-refractivity contribution in [2.75, 3.05) is 0 Å². The van der Waals surface area contributed by atoms with Crippen LogP contribution < -0.4 is 10.5 Å². The monoisotopic (exact) mass is 301 g/mol. The summed E-state index contributed by atoms with van der Waals surface area (Å²) in [7, 11) is 0. The molecule has 0 bridgehead atoms. The molecule has 0 fully saturated rings. The first-order valence-electron chi connectivity index (χ1n) is 5.74. The molecule has 2 aromatic carbocycles. The Kier molecular flexibility index (Phi) is 4.20. The summed E-state index contributed by atoms with van der Waals surface area (Å²) in [5.41, 5.74) is 4.86. The Morgan fingerprint density at radius 3 is 2.35 bits per heavy atom. The van der Waals surface area contributed by atoms with E-state index >= 15 is 0 Å². The molecule has 0 saturated carbocycles. The minimum Gasteiger partial charge on any atom is -0.455 e. The van der Waals surface area contributed by atoms with Crippen LogP contribution in [0.3, 0.4) is 0 Å². The standard InChI is InChI=1S/C14H11ClF3NO/c15-11-3-1-2-4-13(11)20-12-6-5-9(8-19)7-10(12)14(16,17)18/h1-7H,8,19H2. The Morgan fingerprint density at radius 1 is 1.05 bits per heavy atom. The number of nitrogens with two attached hydrogens (primary N) is 1. The number of halogens is 4. The lowest BCUT2D eigenvalue weighted by Crippen LogP contribution is -2.09. The highest BCUT2D eigenvalue weighted by Gasteiger charge is 2.34. The van der Waals surface area contributed by atoms with Gasteiger partial charge in [0.15, 0.2) is 0 Å². The van der Waals surface area contributed by atoms with E-state index in [1.165, 1.54) is 18.2 Å². The Hall–Kier alpha value is -1.72. The van der Waals surface area contributed by atoms with Crippen LogP contribution in [0.5, 0.6) is 11.5 Å². The first-order chi connectivity index (χ1) is 9.41. The highest BCUT2D eigenvalue weighted by atomic mass is 35.5. The summed E-state index contributed by atoms with van der Waals surface area (Å²) in [5, 5.41) is 0.239. The second kappa shape index (κ2) is 5.73. The predicted molar refractivity (Wildman–Crippen MR) is 70.9 cm³/mol. The van der Waals surface area contributed by atoms with E-state index < -0.39 is 11.7 Å². The lowest BCUT2D eigenvalue weighted by molar-refractivity contribution is -0.138. The molecule has 20 heavy (non-hydrogen) atoms. The quantitative estimate of drug-likeness (QED) is 0.898. The van der Waals surface area contributed by atoms with Crippen LogP contribution in [0.15, 0.2) is 42.5 Å². The third kappa shape index (κ3) is 3.23. The molecule has 2 N–H and O–H groups in total. The summed E-state index contributed by atoms with van der Waals surface area (Å²) in [4.78, 5) is 0. The van der Waals surface area contributed by atoms with E-state index in [9.17, 15) is 13.2 Å². The summed E-state index contributed by atoms with van der Waals surface area (Å²) < 4.78 is 44.3. The van der Waals surface area contributed by atoms with Crippen LogP contribution in [-0.2, 0) is 12.7 Å². The van der Waals surface area contributed by atoms with Crippen molar-refractivity contribution >= 4 is 11.6 Å². The van der Waals surface area contributed by atoms with Gasteiger partial charge >= 0.3 is 6.18 Å². The zero-order chi connectivity index (χ0) is 14.8. The molecule has 0 aromatic heterocycles. The lowest BCUT2D eigenvalue weighted by atomic mass is 10.1. The number of alkyl halides is 3. The zero-order valence-electron chi connectivity index (χ0n) is 10.2. The smallest absolute Gasteiger partial charge is 0.419 e. The van der Waals surface area contributed by atoms with E-state index in [4.69, 9.17) is 22.1 Å². The average molecular weight is 302 g/mol. The molecule has 2 rings (SSSR count). The summed E-state index contributed by atoms with van der Waals surface area (Å²) in [5.74, 6) is -0.136. The normalized spacial score (nSPS) is 11.4. The van der Waals surface area contributed by atoms with Crippen molar-refractivity contribution in [1.82, 2.24) is 0 Å². The second-order valence-electron chi connectivity index (χ2n) is 4.06. The second-order valence-corrected chi connectivity index (χ2v) is 4.47. The molecule has 0 radical (unpaired) electrons. The first kappa shape index (κ1) is 14.7. The average Bonchev–Trinajstić information content (AvgIpc) is 2.40. The van der Waals surface area contributed by atoms with Gasteiger partial charge in [-0.05, 0) is 29.8 Å². The number of rotatable bonds is 3. The van der Waals surface area contributed by atoms with Gasteiger partial charge in [-0.1, -0.05) is 29.8 Å². The van der Waals surface area contributed by atoms with Gasteiger partial charge in [0.25, 0.3) is 0 Å². The molecule has 0 atom stereocenters. The minimum absolute atomic E-state index is 0.0233. The van der Waals surface area contributed by atoms with Crippen LogP contribution in [0, 0.1) is 0 Å². The third-order valence-corrected chi connectivity index (χ3v) is 2.95. The summed E-state index contributed by atoms with van der Waals surface area (Å²) in [6.45, 7) is 0.0233. The molecule has 6 heteroatoms. The van der Waals surface area contributed by atoms with Gasteiger partial charge in [0, 0.05) is 6.54 Å². The van der Waals surface area contributed by atoms with Crippen LogP contribution in [0.2, 0.25) is 5.02 Å². The van der Waals surface area contributed by atoms with Crippen LogP contribution in [-0.4, -0.2) is 0 Å². The molecule has 0 unspecified atom stereocenters. The fraction of sp³-hybridized carbons (Fsp3) is 0.143. The Balaban J connectivity index is 2.44. The summed E-state index contributed by atoms with van der Waals surface area (Å²) in [6, 6.07) is 10.0. The van der Waals surface area contributed by atoms with E-state index in [1.54, 1.807) is 18.2 Å². The van der Waals surface area contributed by atoms with Gasteiger partial charge in [0.05, 0.1) is 10.6 Å². The molecule has 0 aliphatic carbocycles. The minimum atomic E-state index is -4.53. The van der Waals surface area contributed by atoms with Crippen molar-refractivity contribution in [3.05, 3.63) is 58.6 Å². The molecule has 2 aromatic rings. The van der Waals surface area contributed by atoms with Crippen molar-refractivity contribution in [2.45, 2.75) is 12.7 Å². The maximum absolute atomic E-state index is 13.0. The van der Waals surface area contributed by atoms with Gasteiger partial charge in [0.2, 0.25) is 0 Å². The molecule has 106 valence electrons. The number of ether oxygens (including phenoxy) is 1. The van der Waals surface area contributed by atoms with E-state index in [-0.39, 0.29) is 23.1 Å². The van der Waals surface area contributed by atoms with E-state index in [1.807, 2.05) is 0 Å². The highest BCUT2D eigenvalue weighted by molar-refractivity contribution is 6.32. The molecule has 0 spiro atoms. The fourth-order valence-electron chi connectivity index (χ4n) is 1.66. The van der Waals surface area contributed by atoms with Crippen molar-refractivity contribution in [3.63, 3.8) is 0 Å².